The van der Waals surface area contributed by atoms with Gasteiger partial charge < -0.3 is 10.6 Å². The monoisotopic (exact) mass is 400 g/mol. The molecule has 120 valence electrons. The molecule has 2 unspecified atom stereocenters. The Labute approximate surface area is 140 Å². The predicted octanol–water partition coefficient (Wildman–Crippen LogP) is 2.25. The maximum atomic E-state index is 12.1. The molecule has 1 aliphatic heterocycles. The van der Waals surface area contributed by atoms with E-state index in [1.807, 2.05) is 6.92 Å². The number of hydrogen-bond acceptors (Lipinski definition) is 2. The Bertz CT molecular complexity index is 286. The third-order valence-electron chi connectivity index (χ3n) is 3.60. The van der Waals surface area contributed by atoms with Gasteiger partial charge in [-0.3, -0.25) is 14.3 Å². The topological polar surface area (TPSA) is 39.7 Å². The largest absolute Gasteiger partial charge is 0.357 e. The summed E-state index contributed by atoms with van der Waals surface area (Å²) in [7, 11) is 0. The molecule has 2 N–H and O–H groups in total. The van der Waals surface area contributed by atoms with Crippen LogP contribution in [0, 0.1) is 5.92 Å². The van der Waals surface area contributed by atoms with Crippen LogP contribution in [0.2, 0.25) is 0 Å². The van der Waals surface area contributed by atoms with Gasteiger partial charge >= 0.3 is 0 Å². The summed E-state index contributed by atoms with van der Waals surface area (Å²) in [6.45, 7) is 12.0. The number of rotatable bonds is 6. The molecule has 6 heteroatoms. The van der Waals surface area contributed by atoms with Crippen LogP contribution in [0.25, 0.3) is 0 Å². The Morgan fingerprint density at radius 2 is 2.10 bits per heavy atom. The van der Waals surface area contributed by atoms with Gasteiger partial charge in [0.25, 0.3) is 0 Å². The lowest BCUT2D eigenvalue weighted by Crippen LogP contribution is -2.46. The van der Waals surface area contributed by atoms with Gasteiger partial charge in [0.05, 0.1) is 6.67 Å². The van der Waals surface area contributed by atoms with Crippen molar-refractivity contribution in [2.75, 3.05) is 32.9 Å². The van der Waals surface area contributed by atoms with Crippen LogP contribution in [0.4, 0.5) is 4.39 Å². The van der Waals surface area contributed by atoms with Gasteiger partial charge in [-0.1, -0.05) is 6.92 Å². The number of likely N-dealkylation sites (tertiary alicyclic amines) is 1. The van der Waals surface area contributed by atoms with Gasteiger partial charge in [0, 0.05) is 38.3 Å². The average Bonchev–Trinajstić information content (AvgIpc) is 2.72. The maximum absolute atomic E-state index is 12.1. The second-order valence-electron chi connectivity index (χ2n) is 5.58. The zero-order chi connectivity index (χ0) is 14.3. The molecule has 0 aromatic rings. The zero-order valence-electron chi connectivity index (χ0n) is 13.2. The molecule has 0 saturated carbocycles. The summed E-state index contributed by atoms with van der Waals surface area (Å²) in [5, 5.41) is 6.72. The summed E-state index contributed by atoms with van der Waals surface area (Å²) in [6, 6.07) is 1.01. The van der Waals surface area contributed by atoms with E-state index in [-0.39, 0.29) is 30.7 Å². The fraction of sp³-hybridized carbons (Fsp3) is 0.929. The van der Waals surface area contributed by atoms with Crippen LogP contribution >= 0.6 is 24.0 Å². The quantitative estimate of drug-likeness (QED) is 0.311. The van der Waals surface area contributed by atoms with E-state index in [1.165, 1.54) is 0 Å². The molecule has 1 rings (SSSR count). The van der Waals surface area contributed by atoms with E-state index in [0.29, 0.717) is 31.0 Å². The van der Waals surface area contributed by atoms with E-state index in [0.717, 1.165) is 25.6 Å². The Hall–Kier alpha value is -0.110. The van der Waals surface area contributed by atoms with Gasteiger partial charge in [-0.05, 0) is 33.1 Å². The van der Waals surface area contributed by atoms with Crippen LogP contribution in [-0.4, -0.2) is 55.8 Å². The summed E-state index contributed by atoms with van der Waals surface area (Å²) >= 11 is 0. The van der Waals surface area contributed by atoms with Gasteiger partial charge in [-0.15, -0.1) is 24.0 Å². The third kappa shape index (κ3) is 6.56. The molecule has 0 bridgehead atoms. The highest BCUT2D eigenvalue weighted by Crippen LogP contribution is 2.18. The zero-order valence-corrected chi connectivity index (χ0v) is 15.5. The normalized spacial score (nSPS) is 23.8. The van der Waals surface area contributed by atoms with Crippen molar-refractivity contribution >= 4 is 29.9 Å². The van der Waals surface area contributed by atoms with E-state index < -0.39 is 0 Å². The molecule has 20 heavy (non-hydrogen) atoms. The van der Waals surface area contributed by atoms with Crippen LogP contribution in [0.3, 0.4) is 0 Å². The van der Waals surface area contributed by atoms with Crippen LogP contribution in [0.15, 0.2) is 4.99 Å². The number of guanidine groups is 1. The van der Waals surface area contributed by atoms with Crippen LogP contribution in [-0.2, 0) is 0 Å². The lowest BCUT2D eigenvalue weighted by Gasteiger charge is -2.21. The minimum Gasteiger partial charge on any atom is -0.357 e. The SMILES string of the molecule is CCNC(=NCCCF)NC1CN(C(C)C)CC1C.I. The smallest absolute Gasteiger partial charge is 0.191 e. The molecule has 0 amide bonds. The van der Waals surface area contributed by atoms with Crippen LogP contribution < -0.4 is 10.6 Å². The molecule has 2 atom stereocenters. The minimum absolute atomic E-state index is 0. The number of alkyl halides is 1. The number of nitrogens with zero attached hydrogens (tertiary/aromatic N) is 2. The summed E-state index contributed by atoms with van der Waals surface area (Å²) in [6.07, 6.45) is 0.495. The first kappa shape index (κ1) is 19.9. The van der Waals surface area contributed by atoms with Crippen molar-refractivity contribution in [3.05, 3.63) is 0 Å². The van der Waals surface area contributed by atoms with Gasteiger partial charge in [-0.25, -0.2) is 0 Å². The lowest BCUT2D eigenvalue weighted by molar-refractivity contribution is 0.265. The minimum atomic E-state index is -0.302. The molecule has 1 heterocycles. The number of hydrogen-bond donors (Lipinski definition) is 2. The van der Waals surface area contributed by atoms with Crippen LogP contribution in [0.5, 0.6) is 0 Å². The van der Waals surface area contributed by atoms with E-state index in [2.05, 4.69) is 41.3 Å². The summed E-state index contributed by atoms with van der Waals surface area (Å²) in [5.74, 6) is 1.42. The van der Waals surface area contributed by atoms with Gasteiger partial charge in [-0.2, -0.15) is 0 Å². The molecule has 0 radical (unpaired) electrons. The van der Waals surface area contributed by atoms with Gasteiger partial charge in [0.2, 0.25) is 0 Å². The first-order valence-electron chi connectivity index (χ1n) is 7.43. The molecular formula is C14H30FIN4. The Morgan fingerprint density at radius 3 is 2.60 bits per heavy atom. The van der Waals surface area contributed by atoms with Crippen LogP contribution in [0.1, 0.15) is 34.1 Å². The molecule has 0 aliphatic carbocycles. The molecular weight excluding hydrogens is 370 g/mol. The van der Waals surface area contributed by atoms with Crippen molar-refractivity contribution < 1.29 is 4.39 Å². The number of aliphatic imine (C=N–C) groups is 1. The molecule has 1 fully saturated rings. The summed E-state index contributed by atoms with van der Waals surface area (Å²) < 4.78 is 12.1. The summed E-state index contributed by atoms with van der Waals surface area (Å²) in [5.41, 5.74) is 0. The van der Waals surface area contributed by atoms with Crippen molar-refractivity contribution in [1.82, 2.24) is 15.5 Å². The maximum Gasteiger partial charge on any atom is 0.191 e. The first-order chi connectivity index (χ1) is 9.08. The van der Waals surface area contributed by atoms with Crippen molar-refractivity contribution in [3.63, 3.8) is 0 Å². The molecule has 0 spiro atoms. The number of nitrogens with one attached hydrogen (secondary N) is 2. The van der Waals surface area contributed by atoms with Gasteiger partial charge in [0.1, 0.15) is 0 Å². The Balaban J connectivity index is 0.00000361. The fourth-order valence-corrected chi connectivity index (χ4v) is 2.36. The molecule has 1 aliphatic rings. The average molecular weight is 400 g/mol. The fourth-order valence-electron chi connectivity index (χ4n) is 2.36. The molecule has 0 aromatic heterocycles. The Kier molecular flexibility index (Phi) is 10.5. The summed E-state index contributed by atoms with van der Waals surface area (Å²) in [4.78, 5) is 6.89. The first-order valence-corrected chi connectivity index (χ1v) is 7.43. The molecule has 1 saturated heterocycles. The highest BCUT2D eigenvalue weighted by molar-refractivity contribution is 14.0. The molecule has 0 aromatic carbocycles. The predicted molar refractivity (Wildman–Crippen MR) is 94.8 cm³/mol. The van der Waals surface area contributed by atoms with Crippen molar-refractivity contribution in [2.45, 2.75) is 46.2 Å². The highest BCUT2D eigenvalue weighted by Gasteiger charge is 2.31. The van der Waals surface area contributed by atoms with E-state index in [4.69, 9.17) is 0 Å². The second kappa shape index (κ2) is 10.6. The van der Waals surface area contributed by atoms with Crippen molar-refractivity contribution in [2.24, 2.45) is 10.9 Å². The van der Waals surface area contributed by atoms with E-state index in [1.54, 1.807) is 0 Å². The third-order valence-corrected chi connectivity index (χ3v) is 3.60. The lowest BCUT2D eigenvalue weighted by atomic mass is 10.1. The standard InChI is InChI=1S/C14H29FN4.HI/c1-5-16-14(17-8-6-7-15)18-13-10-19(11(2)3)9-12(13)4;/h11-13H,5-10H2,1-4H3,(H2,16,17,18);1H. The second-order valence-corrected chi connectivity index (χ2v) is 5.58. The van der Waals surface area contributed by atoms with E-state index >= 15 is 0 Å². The molecule has 4 nitrogen and oxygen atoms in total. The highest BCUT2D eigenvalue weighted by atomic mass is 127. The van der Waals surface area contributed by atoms with Crippen molar-refractivity contribution in [3.8, 4) is 0 Å². The van der Waals surface area contributed by atoms with Crippen molar-refractivity contribution in [1.29, 1.82) is 0 Å². The van der Waals surface area contributed by atoms with E-state index in [9.17, 15) is 4.39 Å². The Morgan fingerprint density at radius 1 is 1.40 bits per heavy atom. The number of halogens is 2. The van der Waals surface area contributed by atoms with Gasteiger partial charge in [0.15, 0.2) is 5.96 Å².